The first-order valence-electron chi connectivity index (χ1n) is 11.8. The van der Waals surface area contributed by atoms with Gasteiger partial charge in [-0.15, -0.1) is 0 Å². The first kappa shape index (κ1) is 22.1. The molecule has 2 saturated heterocycles. The Balaban J connectivity index is 1.59. The molecule has 2 aliphatic rings. The fourth-order valence-corrected chi connectivity index (χ4v) is 5.40. The third-order valence-corrected chi connectivity index (χ3v) is 7.01. The van der Waals surface area contributed by atoms with E-state index in [2.05, 4.69) is 0 Å². The fourth-order valence-electron chi connectivity index (χ4n) is 5.40. The number of hydrogen-bond donors (Lipinski definition) is 0. The average molecular weight is 477 g/mol. The van der Waals surface area contributed by atoms with Crippen molar-refractivity contribution in [3.63, 3.8) is 0 Å². The number of hydrogen-bond acceptors (Lipinski definition) is 5. The zero-order valence-corrected chi connectivity index (χ0v) is 19.7. The van der Waals surface area contributed by atoms with E-state index < -0.39 is 23.5 Å². The molecular weight excluding hydrogens is 452 g/mol. The Bertz CT molecular complexity index is 1390. The van der Waals surface area contributed by atoms with Gasteiger partial charge >= 0.3 is 0 Å². The topological polar surface area (TPSA) is 59.1 Å². The van der Waals surface area contributed by atoms with Crippen molar-refractivity contribution in [3.05, 3.63) is 126 Å². The molecule has 3 atom stereocenters. The monoisotopic (exact) mass is 476 g/mol. The number of benzene rings is 4. The van der Waals surface area contributed by atoms with Crippen molar-refractivity contribution in [1.29, 1.82) is 0 Å². The van der Waals surface area contributed by atoms with E-state index in [1.165, 1.54) is 4.90 Å². The summed E-state index contributed by atoms with van der Waals surface area (Å²) in [6.07, 6.45) is -1.04. The van der Waals surface area contributed by atoms with E-state index in [4.69, 9.17) is 9.57 Å². The number of para-hydroxylation sites is 1. The van der Waals surface area contributed by atoms with Gasteiger partial charge in [-0.1, -0.05) is 78.9 Å². The van der Waals surface area contributed by atoms with Crippen molar-refractivity contribution in [2.45, 2.75) is 17.6 Å². The van der Waals surface area contributed by atoms with Crippen LogP contribution >= 0.6 is 0 Å². The highest BCUT2D eigenvalue weighted by molar-refractivity contribution is 6.28. The number of carbonyl (C=O) groups is 2. The van der Waals surface area contributed by atoms with Crippen LogP contribution in [0.25, 0.3) is 0 Å². The number of carbonyl (C=O) groups excluding carboxylic acids is 2. The second-order valence-corrected chi connectivity index (χ2v) is 8.87. The summed E-state index contributed by atoms with van der Waals surface area (Å²) >= 11 is 0. The molecule has 0 bridgehead atoms. The summed E-state index contributed by atoms with van der Waals surface area (Å²) in [6, 6.07) is 35.2. The van der Waals surface area contributed by atoms with Gasteiger partial charge in [0.25, 0.3) is 5.91 Å². The summed E-state index contributed by atoms with van der Waals surface area (Å²) in [4.78, 5) is 36.3. The molecule has 0 aromatic heterocycles. The second kappa shape index (κ2) is 8.66. The molecule has 36 heavy (non-hydrogen) atoms. The lowest BCUT2D eigenvalue weighted by Gasteiger charge is -2.35. The highest BCUT2D eigenvalue weighted by Gasteiger charge is 2.72. The lowest BCUT2D eigenvalue weighted by Crippen LogP contribution is -2.46. The minimum absolute atomic E-state index is 0.318. The molecule has 6 nitrogen and oxygen atoms in total. The van der Waals surface area contributed by atoms with E-state index in [0.717, 1.165) is 16.8 Å². The maximum Gasteiger partial charge on any atom is 0.267 e. The smallest absolute Gasteiger partial charge is 0.267 e. The molecule has 4 aromatic rings. The highest BCUT2D eigenvalue weighted by atomic mass is 16.7. The molecule has 4 aromatic carbocycles. The van der Waals surface area contributed by atoms with E-state index in [0.29, 0.717) is 11.4 Å². The van der Waals surface area contributed by atoms with Crippen LogP contribution < -0.4 is 14.7 Å². The van der Waals surface area contributed by atoms with Gasteiger partial charge in [0.2, 0.25) is 5.91 Å². The van der Waals surface area contributed by atoms with Crippen molar-refractivity contribution in [3.8, 4) is 5.75 Å². The maximum absolute atomic E-state index is 14.6. The van der Waals surface area contributed by atoms with Crippen LogP contribution in [0.2, 0.25) is 0 Å². The van der Waals surface area contributed by atoms with Crippen molar-refractivity contribution < 1.29 is 19.2 Å². The van der Waals surface area contributed by atoms with E-state index in [-0.39, 0.29) is 5.91 Å². The zero-order valence-electron chi connectivity index (χ0n) is 19.7. The number of fused-ring (bicyclic) bond motifs is 1. The normalized spacial score (nSPS) is 23.1. The lowest BCUT2D eigenvalue weighted by atomic mass is 9.69. The highest BCUT2D eigenvalue weighted by Crippen LogP contribution is 2.57. The summed E-state index contributed by atoms with van der Waals surface area (Å²) in [7, 11) is 1.58. The van der Waals surface area contributed by atoms with Crippen LogP contribution in [-0.4, -0.2) is 25.0 Å². The van der Waals surface area contributed by atoms with Crippen LogP contribution in [0.3, 0.4) is 0 Å². The molecule has 0 unspecified atom stereocenters. The van der Waals surface area contributed by atoms with Gasteiger partial charge in [-0.3, -0.25) is 14.4 Å². The largest absolute Gasteiger partial charge is 0.497 e. The van der Waals surface area contributed by atoms with Crippen molar-refractivity contribution in [1.82, 2.24) is 0 Å². The van der Waals surface area contributed by atoms with Gasteiger partial charge in [0.1, 0.15) is 17.2 Å². The molecule has 0 aliphatic carbocycles. The van der Waals surface area contributed by atoms with Crippen LogP contribution in [0, 0.1) is 0 Å². The van der Waals surface area contributed by atoms with Crippen molar-refractivity contribution in [2.24, 2.45) is 0 Å². The predicted octanol–water partition coefficient (Wildman–Crippen LogP) is 5.07. The Hall–Kier alpha value is -4.42. The van der Waals surface area contributed by atoms with Gasteiger partial charge in [-0.2, -0.15) is 0 Å². The number of methoxy groups -OCH3 is 1. The Labute approximate surface area is 209 Å². The number of hydroxylamine groups is 1. The molecule has 6 heteroatoms. The SMILES string of the molecule is COc1ccc(N2C(=O)[C@@H]3ON(c4ccccc4)[C@H](c4ccccc4)[C@]3(c3ccccc3)C2=O)cc1. The van der Waals surface area contributed by atoms with Crippen LogP contribution in [0.15, 0.2) is 115 Å². The van der Waals surface area contributed by atoms with Crippen LogP contribution in [0.4, 0.5) is 11.4 Å². The zero-order chi connectivity index (χ0) is 24.7. The molecule has 178 valence electrons. The summed E-state index contributed by atoms with van der Waals surface area (Å²) in [5, 5.41) is 1.73. The Morgan fingerprint density at radius 3 is 1.92 bits per heavy atom. The number of rotatable bonds is 5. The number of ether oxygens (including phenoxy) is 1. The van der Waals surface area contributed by atoms with Crippen molar-refractivity contribution >= 4 is 23.2 Å². The first-order valence-corrected chi connectivity index (χ1v) is 11.8. The van der Waals surface area contributed by atoms with Gasteiger partial charge in [-0.05, 0) is 47.5 Å². The van der Waals surface area contributed by atoms with Crippen LogP contribution in [0.1, 0.15) is 17.2 Å². The van der Waals surface area contributed by atoms with E-state index in [9.17, 15) is 9.59 Å². The van der Waals surface area contributed by atoms with Gasteiger partial charge in [0.05, 0.1) is 18.5 Å². The fraction of sp³-hybridized carbons (Fsp3) is 0.133. The predicted molar refractivity (Wildman–Crippen MR) is 137 cm³/mol. The molecule has 6 rings (SSSR count). The Kier molecular flexibility index (Phi) is 5.31. The molecule has 2 amide bonds. The number of nitrogens with zero attached hydrogens (tertiary/aromatic N) is 2. The van der Waals surface area contributed by atoms with Crippen molar-refractivity contribution in [2.75, 3.05) is 17.1 Å². The van der Waals surface area contributed by atoms with Gasteiger partial charge in [0, 0.05) is 0 Å². The summed E-state index contributed by atoms with van der Waals surface area (Å²) in [5.74, 6) is -0.0704. The molecule has 0 spiro atoms. The molecule has 2 fully saturated rings. The van der Waals surface area contributed by atoms with Gasteiger partial charge in [-0.25, -0.2) is 9.96 Å². The van der Waals surface area contributed by atoms with E-state index in [1.807, 2.05) is 91.0 Å². The Morgan fingerprint density at radius 1 is 0.722 bits per heavy atom. The van der Waals surface area contributed by atoms with E-state index >= 15 is 0 Å². The maximum atomic E-state index is 14.6. The van der Waals surface area contributed by atoms with Crippen LogP contribution in [-0.2, 0) is 19.8 Å². The molecule has 0 saturated carbocycles. The number of amides is 2. The van der Waals surface area contributed by atoms with Crippen LogP contribution in [0.5, 0.6) is 5.75 Å². The molecule has 2 aliphatic heterocycles. The van der Waals surface area contributed by atoms with E-state index in [1.54, 1.807) is 36.4 Å². The molecule has 0 radical (unpaired) electrons. The summed E-state index contributed by atoms with van der Waals surface area (Å²) in [6.45, 7) is 0. The average Bonchev–Trinajstić information content (AvgIpc) is 3.41. The summed E-state index contributed by atoms with van der Waals surface area (Å²) < 4.78 is 5.27. The van der Waals surface area contributed by atoms with Gasteiger partial charge in [0.15, 0.2) is 6.10 Å². The third kappa shape index (κ3) is 3.15. The quantitative estimate of drug-likeness (QED) is 0.377. The Morgan fingerprint density at radius 2 is 1.31 bits per heavy atom. The minimum Gasteiger partial charge on any atom is -0.497 e. The molecule has 2 heterocycles. The molecular formula is C30H24N2O4. The summed E-state index contributed by atoms with van der Waals surface area (Å²) in [5.41, 5.74) is 1.57. The first-order chi connectivity index (χ1) is 17.7. The van der Waals surface area contributed by atoms with Gasteiger partial charge < -0.3 is 4.74 Å². The lowest BCUT2D eigenvalue weighted by molar-refractivity contribution is -0.126. The standard InChI is InChI=1S/C30H24N2O4/c1-35-25-19-17-23(18-20-25)31-28(33)27-30(29(31)34,22-13-7-3-8-14-22)26(21-11-5-2-6-12-21)32(36-27)24-15-9-4-10-16-24/h2-20,26-27H,1H3/t26-,27+,30+/m1/s1. The second-order valence-electron chi connectivity index (χ2n) is 8.87. The molecule has 0 N–H and O–H groups in total. The third-order valence-electron chi connectivity index (χ3n) is 7.01. The number of imide groups is 1. The number of anilines is 2. The minimum atomic E-state index is -1.30.